The van der Waals surface area contributed by atoms with Gasteiger partial charge in [-0.25, -0.2) is 0 Å². The van der Waals surface area contributed by atoms with Crippen molar-refractivity contribution in [1.82, 2.24) is 0 Å². The number of hydrogen-bond acceptors (Lipinski definition) is 6. The average Bonchev–Trinajstić information content (AvgIpc) is 2.97. The van der Waals surface area contributed by atoms with E-state index in [4.69, 9.17) is 4.74 Å². The second-order valence-corrected chi connectivity index (χ2v) is 12.5. The van der Waals surface area contributed by atoms with Gasteiger partial charge in [-0.2, -0.15) is 0 Å². The van der Waals surface area contributed by atoms with Crippen LogP contribution in [0.15, 0.2) is 11.1 Å². The van der Waals surface area contributed by atoms with Crippen molar-refractivity contribution in [3.63, 3.8) is 0 Å². The van der Waals surface area contributed by atoms with Gasteiger partial charge in [0, 0.05) is 54.1 Å². The molecule has 4 rings (SSSR count). The van der Waals surface area contributed by atoms with Crippen LogP contribution < -0.4 is 0 Å². The molecule has 4 aliphatic rings. The molecule has 0 aromatic rings. The van der Waals surface area contributed by atoms with Crippen molar-refractivity contribution in [1.29, 1.82) is 0 Å². The predicted octanol–water partition coefficient (Wildman–Crippen LogP) is 4.43. The fourth-order valence-electron chi connectivity index (χ4n) is 8.29. The third-order valence-corrected chi connectivity index (χ3v) is 10.7. The molecule has 0 radical (unpaired) electrons. The van der Waals surface area contributed by atoms with Gasteiger partial charge in [0.05, 0.1) is 12.5 Å². The molecule has 6 nitrogen and oxygen atoms in total. The van der Waals surface area contributed by atoms with Gasteiger partial charge in [-0.1, -0.05) is 34.6 Å². The Balaban J connectivity index is 1.83. The first-order chi connectivity index (χ1) is 15.7. The lowest BCUT2D eigenvalue weighted by Gasteiger charge is -2.58. The molecule has 1 unspecified atom stereocenters. The van der Waals surface area contributed by atoms with Crippen LogP contribution in [-0.4, -0.2) is 36.2 Å². The summed E-state index contributed by atoms with van der Waals surface area (Å²) in [6, 6.07) is 0. The van der Waals surface area contributed by atoms with Crippen molar-refractivity contribution in [3.8, 4) is 0 Å². The number of allylic oxidation sites excluding steroid dienone is 2. The normalized spacial score (nSPS) is 40.0. The lowest BCUT2D eigenvalue weighted by atomic mass is 9.43. The van der Waals surface area contributed by atoms with Gasteiger partial charge in [0.1, 0.15) is 11.6 Å². The summed E-state index contributed by atoms with van der Waals surface area (Å²) >= 11 is 0. The minimum Gasteiger partial charge on any atom is -0.469 e. The average molecular weight is 471 g/mol. The van der Waals surface area contributed by atoms with Gasteiger partial charge in [0.2, 0.25) is 0 Å². The Morgan fingerprint density at radius 2 is 1.62 bits per heavy atom. The summed E-state index contributed by atoms with van der Waals surface area (Å²) in [5.41, 5.74) is -2.02. The summed E-state index contributed by atoms with van der Waals surface area (Å²) < 4.78 is 4.79. The SMILES string of the molecule is COC(=O)CC[C@@H](C)[C@H]1CC(=O)[C@@]2(C)C3=C(C(=O)C[C@]12C)[C@@]1(C)CCC(=O)C(C)(C)C1CC3=O. The highest BCUT2D eigenvalue weighted by molar-refractivity contribution is 6.16. The second kappa shape index (κ2) is 7.69. The van der Waals surface area contributed by atoms with Crippen molar-refractivity contribution in [2.75, 3.05) is 7.11 Å². The number of ether oxygens (including phenoxy) is 1. The van der Waals surface area contributed by atoms with E-state index in [-0.39, 0.29) is 66.1 Å². The van der Waals surface area contributed by atoms with Crippen molar-refractivity contribution >= 4 is 29.1 Å². The summed E-state index contributed by atoms with van der Waals surface area (Å²) in [4.78, 5) is 66.0. The quantitative estimate of drug-likeness (QED) is 0.564. The highest BCUT2D eigenvalue weighted by atomic mass is 16.5. The van der Waals surface area contributed by atoms with Gasteiger partial charge in [0.15, 0.2) is 11.6 Å². The van der Waals surface area contributed by atoms with E-state index in [1.54, 1.807) is 0 Å². The van der Waals surface area contributed by atoms with E-state index in [9.17, 15) is 24.0 Å². The zero-order chi connectivity index (χ0) is 25.4. The van der Waals surface area contributed by atoms with Crippen LogP contribution in [-0.2, 0) is 28.7 Å². The molecule has 0 bridgehead atoms. The summed E-state index contributed by atoms with van der Waals surface area (Å²) in [7, 11) is 1.36. The standard InChI is InChI=1S/C28H38O6/c1-15(8-9-22(33)34-7)16-12-21(32)28(6)24-17(29)13-19-25(2,3)20(31)10-11-26(19,4)23(24)18(30)14-27(16,28)5/h15-16,19H,8-14H2,1-7H3/t15-,16-,19?,26+,27-,28+/m1/s1. The van der Waals surface area contributed by atoms with E-state index < -0.39 is 21.7 Å². The number of methoxy groups -OCH3 is 1. The smallest absolute Gasteiger partial charge is 0.305 e. The zero-order valence-corrected chi connectivity index (χ0v) is 21.6. The molecule has 0 heterocycles. The lowest BCUT2D eigenvalue weighted by Crippen LogP contribution is -2.59. The molecule has 0 amide bonds. The first-order valence-electron chi connectivity index (χ1n) is 12.6. The molecule has 186 valence electrons. The predicted molar refractivity (Wildman–Crippen MR) is 126 cm³/mol. The van der Waals surface area contributed by atoms with E-state index in [0.717, 1.165) is 0 Å². The summed E-state index contributed by atoms with van der Waals surface area (Å²) in [5, 5.41) is 0. The molecule has 0 N–H and O–H groups in total. The summed E-state index contributed by atoms with van der Waals surface area (Å²) in [5.74, 6) is -0.623. The summed E-state index contributed by atoms with van der Waals surface area (Å²) in [6.07, 6.45) is 2.47. The number of Topliss-reactive ketones (excluding diaryl/α,β-unsaturated/α-hetero) is 4. The fraction of sp³-hybridized carbons (Fsp3) is 0.750. The highest BCUT2D eigenvalue weighted by Gasteiger charge is 2.70. The Bertz CT molecular complexity index is 1030. The van der Waals surface area contributed by atoms with Crippen LogP contribution in [0, 0.1) is 39.4 Å². The largest absolute Gasteiger partial charge is 0.469 e. The molecule has 4 aliphatic carbocycles. The zero-order valence-electron chi connectivity index (χ0n) is 21.6. The monoisotopic (exact) mass is 470 g/mol. The molecule has 2 saturated carbocycles. The van der Waals surface area contributed by atoms with E-state index in [0.29, 0.717) is 36.8 Å². The van der Waals surface area contributed by atoms with E-state index in [1.165, 1.54) is 7.11 Å². The second-order valence-electron chi connectivity index (χ2n) is 12.5. The Morgan fingerprint density at radius 1 is 0.971 bits per heavy atom. The molecule has 0 spiro atoms. The van der Waals surface area contributed by atoms with Crippen LogP contribution in [0.5, 0.6) is 0 Å². The van der Waals surface area contributed by atoms with Crippen molar-refractivity contribution in [2.24, 2.45) is 39.4 Å². The van der Waals surface area contributed by atoms with Gasteiger partial charge in [-0.05, 0) is 42.9 Å². The minimum absolute atomic E-state index is 0.0199. The van der Waals surface area contributed by atoms with Gasteiger partial charge >= 0.3 is 5.97 Å². The molecule has 2 fully saturated rings. The first kappa shape index (κ1) is 25.0. The molecule has 6 heteroatoms. The van der Waals surface area contributed by atoms with Gasteiger partial charge in [-0.3, -0.25) is 24.0 Å². The van der Waals surface area contributed by atoms with Crippen molar-refractivity contribution < 1.29 is 28.7 Å². The van der Waals surface area contributed by atoms with E-state index in [1.807, 2.05) is 41.5 Å². The molecular weight excluding hydrogens is 432 g/mol. The number of carbonyl (C=O) groups excluding carboxylic acids is 5. The molecule has 0 aromatic heterocycles. The maximum Gasteiger partial charge on any atom is 0.305 e. The lowest BCUT2D eigenvalue weighted by molar-refractivity contribution is -0.147. The Kier molecular flexibility index (Phi) is 5.66. The van der Waals surface area contributed by atoms with Crippen molar-refractivity contribution in [2.45, 2.75) is 86.5 Å². The van der Waals surface area contributed by atoms with Crippen LogP contribution in [0.4, 0.5) is 0 Å². The van der Waals surface area contributed by atoms with Gasteiger partial charge in [0.25, 0.3) is 0 Å². The van der Waals surface area contributed by atoms with E-state index >= 15 is 0 Å². The first-order valence-corrected chi connectivity index (χ1v) is 12.6. The highest BCUT2D eigenvalue weighted by Crippen LogP contribution is 2.69. The molecule has 34 heavy (non-hydrogen) atoms. The molecule has 0 saturated heterocycles. The molecule has 0 aromatic carbocycles. The molecular formula is C28H38O6. The number of esters is 1. The number of ketones is 4. The minimum atomic E-state index is -1.03. The maximum absolute atomic E-state index is 13.9. The fourth-order valence-corrected chi connectivity index (χ4v) is 8.29. The van der Waals surface area contributed by atoms with E-state index in [2.05, 4.69) is 0 Å². The van der Waals surface area contributed by atoms with Crippen LogP contribution in [0.25, 0.3) is 0 Å². The Labute approximate surface area is 202 Å². The van der Waals surface area contributed by atoms with Crippen LogP contribution in [0.2, 0.25) is 0 Å². The summed E-state index contributed by atoms with van der Waals surface area (Å²) in [6.45, 7) is 11.7. The number of fused-ring (bicyclic) bond motifs is 4. The van der Waals surface area contributed by atoms with Gasteiger partial charge < -0.3 is 4.74 Å². The maximum atomic E-state index is 13.9. The van der Waals surface area contributed by atoms with Crippen LogP contribution in [0.1, 0.15) is 86.5 Å². The third kappa shape index (κ3) is 3.02. The topological polar surface area (TPSA) is 94.6 Å². The molecule has 6 atom stereocenters. The van der Waals surface area contributed by atoms with Crippen LogP contribution in [0.3, 0.4) is 0 Å². The number of rotatable bonds is 4. The Hall–Kier alpha value is -2.11. The number of carbonyl (C=O) groups is 5. The Morgan fingerprint density at radius 3 is 2.24 bits per heavy atom. The molecule has 0 aliphatic heterocycles. The van der Waals surface area contributed by atoms with Crippen LogP contribution >= 0.6 is 0 Å². The van der Waals surface area contributed by atoms with Crippen molar-refractivity contribution in [3.05, 3.63) is 11.1 Å². The van der Waals surface area contributed by atoms with Gasteiger partial charge in [-0.15, -0.1) is 0 Å². The number of hydrogen-bond donors (Lipinski definition) is 0. The third-order valence-electron chi connectivity index (χ3n) is 10.7.